The number of fused-ring (bicyclic) bond motifs is 1. The molecule has 2 fully saturated rings. The lowest BCUT2D eigenvalue weighted by atomic mass is 9.89. The molecule has 46 heavy (non-hydrogen) atoms. The van der Waals surface area contributed by atoms with Crippen LogP contribution in [0.25, 0.3) is 0 Å². The van der Waals surface area contributed by atoms with Crippen LogP contribution in [0.1, 0.15) is 49.4 Å². The number of nitrogens with zero attached hydrogens (tertiary/aromatic N) is 3. The molecule has 3 heterocycles. The van der Waals surface area contributed by atoms with Gasteiger partial charge in [0.25, 0.3) is 11.5 Å². The first kappa shape index (κ1) is 33.4. The SMILES string of the molecule is CCCc1cc(C(O)(C(F)(F)F)C(F)(F)F)ccc1N1CCN(C(=O)CN2C(=O)NC(C)(c3ccc4c(c3)CCO4)C2=O)C[C@@H]1C. The lowest BCUT2D eigenvalue weighted by molar-refractivity contribution is -0.376. The highest BCUT2D eigenvalue weighted by Crippen LogP contribution is 2.50. The van der Waals surface area contributed by atoms with Gasteiger partial charge in [0.1, 0.15) is 17.8 Å². The van der Waals surface area contributed by atoms with Gasteiger partial charge in [0.2, 0.25) is 5.91 Å². The van der Waals surface area contributed by atoms with Crippen LogP contribution in [-0.4, -0.2) is 83.9 Å². The number of piperazine rings is 1. The molecule has 15 heteroatoms. The topological polar surface area (TPSA) is 102 Å². The van der Waals surface area contributed by atoms with Crippen molar-refractivity contribution in [2.24, 2.45) is 0 Å². The summed E-state index contributed by atoms with van der Waals surface area (Å²) < 4.78 is 86.7. The zero-order chi connectivity index (χ0) is 33.8. The fourth-order valence-corrected chi connectivity index (χ4v) is 6.36. The van der Waals surface area contributed by atoms with Gasteiger partial charge in [-0.2, -0.15) is 26.3 Å². The average Bonchev–Trinajstić information content (AvgIpc) is 3.54. The smallest absolute Gasteiger partial charge is 0.430 e. The van der Waals surface area contributed by atoms with Crippen molar-refractivity contribution in [2.75, 3.05) is 37.7 Å². The number of hydrogen-bond acceptors (Lipinski definition) is 6. The number of benzene rings is 2. The lowest BCUT2D eigenvalue weighted by Crippen LogP contribution is -2.56. The van der Waals surface area contributed by atoms with Crippen LogP contribution in [0.15, 0.2) is 36.4 Å². The number of ether oxygens (including phenoxy) is 1. The molecule has 0 aromatic heterocycles. The Morgan fingerprint density at radius 1 is 1.07 bits per heavy atom. The number of aryl methyl sites for hydroxylation is 1. The number of hydrogen-bond donors (Lipinski definition) is 2. The Morgan fingerprint density at radius 2 is 1.76 bits per heavy atom. The molecule has 0 spiro atoms. The second-order valence-corrected chi connectivity index (χ2v) is 12.0. The molecule has 5 rings (SSSR count). The van der Waals surface area contributed by atoms with E-state index in [4.69, 9.17) is 4.74 Å². The minimum atomic E-state index is -6.00. The molecule has 3 aliphatic rings. The van der Waals surface area contributed by atoms with Gasteiger partial charge in [-0.25, -0.2) is 4.79 Å². The molecule has 2 aromatic carbocycles. The van der Waals surface area contributed by atoms with Crippen LogP contribution in [0, 0.1) is 0 Å². The van der Waals surface area contributed by atoms with E-state index in [1.54, 1.807) is 43.9 Å². The lowest BCUT2D eigenvalue weighted by Gasteiger charge is -2.42. The Kier molecular flexibility index (Phi) is 8.45. The third-order valence-corrected chi connectivity index (χ3v) is 8.96. The molecule has 2 saturated heterocycles. The van der Waals surface area contributed by atoms with Crippen molar-refractivity contribution in [1.29, 1.82) is 0 Å². The summed E-state index contributed by atoms with van der Waals surface area (Å²) in [4.78, 5) is 43.8. The van der Waals surface area contributed by atoms with Gasteiger partial charge in [-0.15, -0.1) is 0 Å². The van der Waals surface area contributed by atoms with Gasteiger partial charge in [-0.3, -0.25) is 14.5 Å². The largest absolute Gasteiger partial charge is 0.493 e. The molecule has 2 atom stereocenters. The summed E-state index contributed by atoms with van der Waals surface area (Å²) >= 11 is 0. The number of urea groups is 1. The predicted octanol–water partition coefficient (Wildman–Crippen LogP) is 4.39. The van der Waals surface area contributed by atoms with E-state index in [1.165, 1.54) is 4.90 Å². The van der Waals surface area contributed by atoms with Crippen molar-refractivity contribution in [3.8, 4) is 5.75 Å². The molecular weight excluding hydrogens is 622 g/mol. The summed E-state index contributed by atoms with van der Waals surface area (Å²) in [6.07, 6.45) is -10.8. The Morgan fingerprint density at radius 3 is 2.39 bits per heavy atom. The third kappa shape index (κ3) is 5.52. The maximum absolute atomic E-state index is 13.5. The van der Waals surface area contributed by atoms with Crippen LogP contribution in [0.2, 0.25) is 0 Å². The number of alkyl halides is 6. The Labute approximate surface area is 261 Å². The fourth-order valence-electron chi connectivity index (χ4n) is 6.36. The van der Waals surface area contributed by atoms with E-state index in [-0.39, 0.29) is 31.6 Å². The van der Waals surface area contributed by atoms with Crippen LogP contribution < -0.4 is 15.0 Å². The zero-order valence-electron chi connectivity index (χ0n) is 25.4. The van der Waals surface area contributed by atoms with Crippen LogP contribution >= 0.6 is 0 Å². The maximum atomic E-state index is 13.5. The zero-order valence-corrected chi connectivity index (χ0v) is 25.4. The molecule has 2 aromatic rings. The first-order valence-electron chi connectivity index (χ1n) is 14.9. The number of amides is 4. The normalized spacial score (nSPS) is 22.2. The summed E-state index contributed by atoms with van der Waals surface area (Å²) in [7, 11) is 0. The Hall–Kier alpha value is -4.01. The Balaban J connectivity index is 1.30. The molecule has 0 bridgehead atoms. The molecule has 3 aliphatic heterocycles. The summed E-state index contributed by atoms with van der Waals surface area (Å²) in [6.45, 7) is 5.46. The van der Waals surface area contributed by atoms with Crippen LogP contribution in [0.3, 0.4) is 0 Å². The van der Waals surface area contributed by atoms with Crippen LogP contribution in [0.4, 0.5) is 36.8 Å². The van der Waals surface area contributed by atoms with E-state index in [1.807, 2.05) is 0 Å². The van der Waals surface area contributed by atoms with Crippen molar-refractivity contribution in [3.63, 3.8) is 0 Å². The number of imide groups is 1. The van der Waals surface area contributed by atoms with Crippen molar-refractivity contribution in [2.45, 2.75) is 69.6 Å². The van der Waals surface area contributed by atoms with Gasteiger partial charge in [-0.05, 0) is 55.2 Å². The van der Waals surface area contributed by atoms with E-state index in [0.717, 1.165) is 22.6 Å². The minimum Gasteiger partial charge on any atom is -0.493 e. The fraction of sp³-hybridized carbons (Fsp3) is 0.516. The monoisotopic (exact) mass is 656 g/mol. The highest BCUT2D eigenvalue weighted by atomic mass is 19.4. The molecule has 0 radical (unpaired) electrons. The molecular formula is C31H34F6N4O5. The van der Waals surface area contributed by atoms with Gasteiger partial charge in [0.15, 0.2) is 0 Å². The standard InChI is InChI=1S/C31H34F6N4O5/c1-4-5-19-14-22(29(45,30(32,33)34)31(35,36)37)6-8-23(19)40-12-11-39(16-18(40)2)25(42)17-41-26(43)28(3,38-27(41)44)21-7-9-24-20(15-21)10-13-46-24/h6-9,14-15,18,45H,4-5,10-13,16-17H2,1-3H3,(H,38,44)/t18-,28?/m0/s1. The van der Waals surface area contributed by atoms with Gasteiger partial charge < -0.3 is 25.0 Å². The summed E-state index contributed by atoms with van der Waals surface area (Å²) in [5.41, 5.74) is -5.69. The number of carbonyl (C=O) groups is 3. The molecule has 0 aliphatic carbocycles. The maximum Gasteiger partial charge on any atom is 0.430 e. The number of anilines is 1. The second-order valence-electron chi connectivity index (χ2n) is 12.0. The molecule has 250 valence electrons. The average molecular weight is 657 g/mol. The van der Waals surface area contributed by atoms with Gasteiger partial charge in [0.05, 0.1) is 6.61 Å². The molecule has 0 saturated carbocycles. The predicted molar refractivity (Wildman–Crippen MR) is 153 cm³/mol. The van der Waals surface area contributed by atoms with Gasteiger partial charge >= 0.3 is 18.4 Å². The second kappa shape index (κ2) is 11.7. The van der Waals surface area contributed by atoms with Gasteiger partial charge in [0, 0.05) is 43.3 Å². The van der Waals surface area contributed by atoms with E-state index in [2.05, 4.69) is 5.32 Å². The number of carbonyl (C=O) groups excluding carboxylic acids is 3. The quantitative estimate of drug-likeness (QED) is 0.339. The van der Waals surface area contributed by atoms with E-state index in [9.17, 15) is 45.8 Å². The first-order valence-corrected chi connectivity index (χ1v) is 14.9. The van der Waals surface area contributed by atoms with E-state index >= 15 is 0 Å². The molecule has 2 N–H and O–H groups in total. The Bertz CT molecular complexity index is 1530. The molecule has 4 amide bonds. The van der Waals surface area contributed by atoms with Crippen LogP contribution in [-0.2, 0) is 33.6 Å². The highest BCUT2D eigenvalue weighted by Gasteiger charge is 2.71. The number of aliphatic hydroxyl groups is 1. The minimum absolute atomic E-state index is 0.118. The summed E-state index contributed by atoms with van der Waals surface area (Å²) in [5.74, 6) is -0.365. The van der Waals surface area contributed by atoms with Crippen LogP contribution in [0.5, 0.6) is 5.75 Å². The van der Waals surface area contributed by atoms with Crippen molar-refractivity contribution < 1.29 is 50.6 Å². The number of halogens is 6. The van der Waals surface area contributed by atoms with Crippen molar-refractivity contribution >= 4 is 23.5 Å². The van der Waals surface area contributed by atoms with E-state index in [0.29, 0.717) is 42.5 Å². The van der Waals surface area contributed by atoms with Crippen molar-refractivity contribution in [1.82, 2.24) is 15.1 Å². The highest BCUT2D eigenvalue weighted by molar-refractivity contribution is 6.09. The first-order chi connectivity index (χ1) is 21.4. The summed E-state index contributed by atoms with van der Waals surface area (Å²) in [5, 5.41) is 12.6. The summed E-state index contributed by atoms with van der Waals surface area (Å²) in [6, 6.07) is 6.60. The molecule has 9 nitrogen and oxygen atoms in total. The van der Waals surface area contributed by atoms with E-state index < -0.39 is 59.5 Å². The number of nitrogens with one attached hydrogen (secondary N) is 1. The van der Waals surface area contributed by atoms with Gasteiger partial charge in [-0.1, -0.05) is 31.5 Å². The third-order valence-electron chi connectivity index (χ3n) is 8.96. The van der Waals surface area contributed by atoms with Crippen molar-refractivity contribution in [3.05, 3.63) is 58.7 Å². The molecule has 1 unspecified atom stereocenters. The number of rotatable bonds is 7.